The molecular formula is C12H14F3N5. The molecule has 0 aliphatic heterocycles. The molecule has 0 aromatic carbocycles. The Morgan fingerprint density at radius 2 is 1.85 bits per heavy atom. The molecule has 0 spiro atoms. The third-order valence-electron chi connectivity index (χ3n) is 2.93. The summed E-state index contributed by atoms with van der Waals surface area (Å²) >= 11 is 0. The molecule has 2 aromatic rings. The largest absolute Gasteiger partial charge is 0.435 e. The fraction of sp³-hybridized carbons (Fsp3) is 0.417. The first kappa shape index (κ1) is 14.3. The average Bonchev–Trinajstić information content (AvgIpc) is 2.74. The Hall–Kier alpha value is -2.12. The van der Waals surface area contributed by atoms with Crippen LogP contribution in [0.1, 0.15) is 30.9 Å². The van der Waals surface area contributed by atoms with Crippen molar-refractivity contribution < 1.29 is 13.2 Å². The highest BCUT2D eigenvalue weighted by Crippen LogP contribution is 2.27. The Morgan fingerprint density at radius 1 is 1.15 bits per heavy atom. The van der Waals surface area contributed by atoms with Crippen LogP contribution in [0.4, 0.5) is 18.9 Å². The molecule has 108 valence electrons. The minimum absolute atomic E-state index is 0.223. The fourth-order valence-electron chi connectivity index (χ4n) is 1.90. The number of hydrogen-bond acceptors (Lipinski definition) is 4. The van der Waals surface area contributed by atoms with Crippen molar-refractivity contribution in [3.63, 3.8) is 0 Å². The lowest BCUT2D eigenvalue weighted by atomic mass is 10.2. The summed E-state index contributed by atoms with van der Waals surface area (Å²) in [7, 11) is 0. The predicted molar refractivity (Wildman–Crippen MR) is 67.3 cm³/mol. The van der Waals surface area contributed by atoms with Crippen LogP contribution in [0.3, 0.4) is 0 Å². The van der Waals surface area contributed by atoms with E-state index in [0.717, 1.165) is 11.8 Å². The summed E-state index contributed by atoms with van der Waals surface area (Å²) in [5, 5.41) is 11.0. The van der Waals surface area contributed by atoms with Gasteiger partial charge in [0.25, 0.3) is 0 Å². The molecule has 0 atom stereocenters. The number of anilines is 1. The topological polar surface area (TPSA) is 69.6 Å². The molecule has 0 fully saturated rings. The summed E-state index contributed by atoms with van der Waals surface area (Å²) in [5.41, 5.74) is 6.89. The first-order chi connectivity index (χ1) is 9.38. The maximum atomic E-state index is 12.4. The van der Waals surface area contributed by atoms with Gasteiger partial charge in [-0.05, 0) is 25.0 Å². The lowest BCUT2D eigenvalue weighted by molar-refractivity contribution is -0.141. The highest BCUT2D eigenvalue weighted by molar-refractivity contribution is 5.50. The van der Waals surface area contributed by atoms with Gasteiger partial charge in [-0.2, -0.15) is 18.3 Å². The number of aromatic nitrogens is 4. The maximum Gasteiger partial charge on any atom is 0.435 e. The summed E-state index contributed by atoms with van der Waals surface area (Å²) in [4.78, 5) is 0. The summed E-state index contributed by atoms with van der Waals surface area (Å²) in [5.74, 6) is 0.223. The number of nitrogen functional groups attached to an aromatic ring is 1. The van der Waals surface area contributed by atoms with Crippen molar-refractivity contribution in [2.45, 2.75) is 32.9 Å². The van der Waals surface area contributed by atoms with Gasteiger partial charge >= 0.3 is 6.18 Å². The molecule has 0 saturated carbocycles. The molecule has 0 unspecified atom stereocenters. The molecule has 8 heteroatoms. The van der Waals surface area contributed by atoms with Gasteiger partial charge in [-0.15, -0.1) is 10.2 Å². The Kier molecular flexibility index (Phi) is 3.65. The lowest BCUT2D eigenvalue weighted by Gasteiger charge is -2.07. The zero-order chi connectivity index (χ0) is 14.9. The van der Waals surface area contributed by atoms with Crippen molar-refractivity contribution in [1.29, 1.82) is 0 Å². The summed E-state index contributed by atoms with van der Waals surface area (Å²) in [6, 6.07) is 2.12. The van der Waals surface area contributed by atoms with Gasteiger partial charge in [-0.3, -0.25) is 0 Å². The Bertz CT molecular complexity index is 601. The molecule has 2 heterocycles. The van der Waals surface area contributed by atoms with Gasteiger partial charge in [0.1, 0.15) is 0 Å². The van der Waals surface area contributed by atoms with Gasteiger partial charge in [0, 0.05) is 0 Å². The van der Waals surface area contributed by atoms with E-state index >= 15 is 0 Å². The first-order valence-electron chi connectivity index (χ1n) is 6.16. The van der Waals surface area contributed by atoms with E-state index in [2.05, 4.69) is 15.3 Å². The van der Waals surface area contributed by atoms with Crippen LogP contribution >= 0.6 is 0 Å². The van der Waals surface area contributed by atoms with Crippen LogP contribution in [0.2, 0.25) is 0 Å². The van der Waals surface area contributed by atoms with Crippen molar-refractivity contribution >= 4 is 5.69 Å². The molecular weight excluding hydrogens is 271 g/mol. The first-order valence-corrected chi connectivity index (χ1v) is 6.16. The van der Waals surface area contributed by atoms with Crippen molar-refractivity contribution in [2.24, 2.45) is 0 Å². The van der Waals surface area contributed by atoms with E-state index in [1.54, 1.807) is 0 Å². The van der Waals surface area contributed by atoms with Crippen molar-refractivity contribution in [3.05, 3.63) is 29.2 Å². The van der Waals surface area contributed by atoms with Crippen LogP contribution in [-0.2, 0) is 19.0 Å². The van der Waals surface area contributed by atoms with Crippen LogP contribution < -0.4 is 5.73 Å². The van der Waals surface area contributed by atoms with E-state index < -0.39 is 11.9 Å². The molecule has 2 aromatic heterocycles. The third kappa shape index (κ3) is 2.45. The number of halogens is 3. The van der Waals surface area contributed by atoms with E-state index in [0.29, 0.717) is 24.2 Å². The van der Waals surface area contributed by atoms with Crippen LogP contribution in [0, 0.1) is 0 Å². The molecule has 0 saturated heterocycles. The van der Waals surface area contributed by atoms with Gasteiger partial charge in [-0.25, -0.2) is 4.68 Å². The van der Waals surface area contributed by atoms with Gasteiger partial charge in [0.15, 0.2) is 11.5 Å². The predicted octanol–water partition coefficient (Wildman–Crippen LogP) is 2.39. The van der Waals surface area contributed by atoms with E-state index in [-0.39, 0.29) is 5.82 Å². The second-order valence-electron chi connectivity index (χ2n) is 4.20. The highest BCUT2D eigenvalue weighted by atomic mass is 19.4. The maximum absolute atomic E-state index is 12.4. The normalized spacial score (nSPS) is 11.8. The van der Waals surface area contributed by atoms with E-state index in [1.165, 1.54) is 10.7 Å². The monoisotopic (exact) mass is 285 g/mol. The van der Waals surface area contributed by atoms with Crippen LogP contribution in [-0.4, -0.2) is 20.0 Å². The van der Waals surface area contributed by atoms with Gasteiger partial charge < -0.3 is 5.73 Å². The lowest BCUT2D eigenvalue weighted by Crippen LogP contribution is -2.12. The van der Waals surface area contributed by atoms with Gasteiger partial charge in [0.2, 0.25) is 0 Å². The molecule has 0 aliphatic carbocycles. The standard InChI is InChI=1S/C12H14F3N5/c1-3-7-11(16)8(4-2)20(19-7)10-6-5-9(17-18-10)12(13,14)15/h5-6H,3-4,16H2,1-2H3. The number of rotatable bonds is 3. The Labute approximate surface area is 113 Å². The van der Waals surface area contributed by atoms with Gasteiger partial charge in [0.05, 0.1) is 17.1 Å². The SMILES string of the molecule is CCc1nn(-c2ccc(C(F)(F)F)nn2)c(CC)c1N. The molecule has 2 N–H and O–H groups in total. The van der Waals surface area contributed by atoms with Crippen molar-refractivity contribution in [1.82, 2.24) is 20.0 Å². The quantitative estimate of drug-likeness (QED) is 0.940. The zero-order valence-corrected chi connectivity index (χ0v) is 11.1. The minimum Gasteiger partial charge on any atom is -0.396 e. The second-order valence-corrected chi connectivity index (χ2v) is 4.20. The molecule has 0 aliphatic rings. The highest BCUT2D eigenvalue weighted by Gasteiger charge is 2.33. The number of nitrogens with two attached hydrogens (primary N) is 1. The zero-order valence-electron chi connectivity index (χ0n) is 11.1. The fourth-order valence-corrected chi connectivity index (χ4v) is 1.90. The average molecular weight is 285 g/mol. The number of nitrogens with zero attached hydrogens (tertiary/aromatic N) is 4. The van der Waals surface area contributed by atoms with Crippen LogP contribution in [0.25, 0.3) is 5.82 Å². The van der Waals surface area contributed by atoms with Crippen LogP contribution in [0.5, 0.6) is 0 Å². The summed E-state index contributed by atoms with van der Waals surface area (Å²) < 4.78 is 38.8. The number of alkyl halides is 3. The summed E-state index contributed by atoms with van der Waals surface area (Å²) in [6.45, 7) is 3.79. The summed E-state index contributed by atoms with van der Waals surface area (Å²) in [6.07, 6.45) is -3.27. The smallest absolute Gasteiger partial charge is 0.396 e. The molecule has 0 bridgehead atoms. The van der Waals surface area contributed by atoms with Crippen molar-refractivity contribution in [3.8, 4) is 5.82 Å². The second kappa shape index (κ2) is 5.10. The van der Waals surface area contributed by atoms with E-state index in [1.807, 2.05) is 13.8 Å². The Balaban J connectivity index is 2.47. The molecule has 5 nitrogen and oxygen atoms in total. The Morgan fingerprint density at radius 3 is 2.30 bits per heavy atom. The molecule has 2 rings (SSSR count). The number of hydrogen-bond donors (Lipinski definition) is 1. The minimum atomic E-state index is -4.50. The van der Waals surface area contributed by atoms with Crippen LogP contribution in [0.15, 0.2) is 12.1 Å². The molecule has 20 heavy (non-hydrogen) atoms. The van der Waals surface area contributed by atoms with E-state index in [9.17, 15) is 13.2 Å². The van der Waals surface area contributed by atoms with Gasteiger partial charge in [-0.1, -0.05) is 13.8 Å². The van der Waals surface area contributed by atoms with Crippen molar-refractivity contribution in [2.75, 3.05) is 5.73 Å². The molecule has 0 amide bonds. The third-order valence-corrected chi connectivity index (χ3v) is 2.93. The number of aryl methyl sites for hydroxylation is 1. The van der Waals surface area contributed by atoms with E-state index in [4.69, 9.17) is 5.73 Å². The molecule has 0 radical (unpaired) electrons.